The van der Waals surface area contributed by atoms with Crippen LogP contribution < -0.4 is 5.32 Å². The molecular formula is C12H12Cl2F3NO2. The average Bonchev–Trinajstić information content (AvgIpc) is 2.31. The molecule has 1 atom stereocenters. The van der Waals surface area contributed by atoms with E-state index in [1.54, 1.807) is 0 Å². The molecule has 0 aromatic heterocycles. The number of carbonyl (C=O) groups is 1. The fourth-order valence-corrected chi connectivity index (χ4v) is 1.98. The third-order valence-electron chi connectivity index (χ3n) is 2.40. The smallest absolute Gasteiger partial charge is 0.387 e. The van der Waals surface area contributed by atoms with E-state index in [0.717, 1.165) is 0 Å². The highest BCUT2D eigenvalue weighted by Crippen LogP contribution is 2.23. The number of carbonyl (C=O) groups excluding carboxylic acids is 1. The van der Waals surface area contributed by atoms with Crippen molar-refractivity contribution in [3.05, 3.63) is 33.8 Å². The molecule has 0 aliphatic rings. The molecule has 0 saturated carbocycles. The fraction of sp³-hybridized carbons (Fsp3) is 0.417. The lowest BCUT2D eigenvalue weighted by molar-refractivity contribution is -0.144. The highest BCUT2D eigenvalue weighted by atomic mass is 35.5. The molecule has 1 amide bonds. The molecule has 0 radical (unpaired) electrons. The first-order valence-electron chi connectivity index (χ1n) is 5.65. The maximum absolute atomic E-state index is 11.9. The lowest BCUT2D eigenvalue weighted by Crippen LogP contribution is -2.29. The Balaban J connectivity index is 2.46. The van der Waals surface area contributed by atoms with Gasteiger partial charge in [0.1, 0.15) is 0 Å². The van der Waals surface area contributed by atoms with Crippen molar-refractivity contribution in [2.24, 2.45) is 0 Å². The summed E-state index contributed by atoms with van der Waals surface area (Å²) in [5.41, 5.74) is 0.374. The second-order valence-corrected chi connectivity index (χ2v) is 5.01. The van der Waals surface area contributed by atoms with Crippen molar-refractivity contribution in [2.45, 2.75) is 25.1 Å². The summed E-state index contributed by atoms with van der Waals surface area (Å²) >= 11 is 11.5. The fourth-order valence-electron chi connectivity index (χ4n) is 1.44. The molecule has 1 aromatic carbocycles. The van der Waals surface area contributed by atoms with Crippen molar-refractivity contribution >= 4 is 29.1 Å². The third-order valence-corrected chi connectivity index (χ3v) is 2.83. The molecule has 1 aromatic rings. The minimum absolute atomic E-state index is 0.215. The van der Waals surface area contributed by atoms with Crippen molar-refractivity contribution in [3.63, 3.8) is 0 Å². The van der Waals surface area contributed by atoms with Gasteiger partial charge in [0.15, 0.2) is 0 Å². The van der Waals surface area contributed by atoms with Gasteiger partial charge >= 0.3 is 6.18 Å². The van der Waals surface area contributed by atoms with Gasteiger partial charge in [-0.2, -0.15) is 13.2 Å². The van der Waals surface area contributed by atoms with E-state index in [2.05, 4.69) is 5.32 Å². The molecule has 0 spiro atoms. The SMILES string of the molecule is O=C(CCC(F)(F)F)NCC(O)c1cc(Cl)cc(Cl)c1. The molecule has 0 fully saturated rings. The molecule has 20 heavy (non-hydrogen) atoms. The number of aliphatic hydroxyl groups is 1. The van der Waals surface area contributed by atoms with Crippen LogP contribution in [0.4, 0.5) is 13.2 Å². The number of benzene rings is 1. The molecule has 1 unspecified atom stereocenters. The molecule has 8 heteroatoms. The highest BCUT2D eigenvalue weighted by Gasteiger charge is 2.27. The Morgan fingerprint density at radius 3 is 2.30 bits per heavy atom. The maximum atomic E-state index is 11.9. The summed E-state index contributed by atoms with van der Waals surface area (Å²) in [6, 6.07) is 4.39. The average molecular weight is 330 g/mol. The van der Waals surface area contributed by atoms with Gasteiger partial charge in [0, 0.05) is 23.0 Å². The van der Waals surface area contributed by atoms with Crippen LogP contribution in [0.2, 0.25) is 10.0 Å². The van der Waals surface area contributed by atoms with Crippen LogP contribution in [0.3, 0.4) is 0 Å². The van der Waals surface area contributed by atoms with Crippen LogP contribution in [0, 0.1) is 0 Å². The van der Waals surface area contributed by atoms with E-state index >= 15 is 0 Å². The largest absolute Gasteiger partial charge is 0.389 e. The number of hydrogen-bond donors (Lipinski definition) is 2. The van der Waals surface area contributed by atoms with E-state index in [-0.39, 0.29) is 6.54 Å². The normalized spacial score (nSPS) is 13.1. The van der Waals surface area contributed by atoms with E-state index in [9.17, 15) is 23.1 Å². The van der Waals surface area contributed by atoms with Crippen molar-refractivity contribution in [3.8, 4) is 0 Å². The van der Waals surface area contributed by atoms with Crippen molar-refractivity contribution in [1.29, 1.82) is 0 Å². The van der Waals surface area contributed by atoms with Crippen LogP contribution in [0.5, 0.6) is 0 Å². The van der Waals surface area contributed by atoms with Gasteiger partial charge in [0.2, 0.25) is 5.91 Å². The molecule has 112 valence electrons. The molecule has 0 aliphatic carbocycles. The van der Waals surface area contributed by atoms with Gasteiger partial charge in [-0.3, -0.25) is 4.79 Å². The molecule has 0 aliphatic heterocycles. The number of aliphatic hydroxyl groups excluding tert-OH is 1. The molecule has 3 nitrogen and oxygen atoms in total. The first kappa shape index (κ1) is 17.1. The number of halogens is 5. The number of hydrogen-bond acceptors (Lipinski definition) is 2. The van der Waals surface area contributed by atoms with Gasteiger partial charge in [-0.1, -0.05) is 23.2 Å². The highest BCUT2D eigenvalue weighted by molar-refractivity contribution is 6.34. The van der Waals surface area contributed by atoms with Crippen molar-refractivity contribution in [2.75, 3.05) is 6.54 Å². The van der Waals surface area contributed by atoms with E-state index < -0.39 is 31.0 Å². The topological polar surface area (TPSA) is 49.3 Å². The van der Waals surface area contributed by atoms with Gasteiger partial charge in [-0.25, -0.2) is 0 Å². The first-order valence-corrected chi connectivity index (χ1v) is 6.40. The third kappa shape index (κ3) is 6.45. The quantitative estimate of drug-likeness (QED) is 0.868. The Bertz CT molecular complexity index is 460. The lowest BCUT2D eigenvalue weighted by Gasteiger charge is -2.13. The Hall–Kier alpha value is -0.980. The molecular weight excluding hydrogens is 318 g/mol. The minimum atomic E-state index is -4.38. The molecule has 0 bridgehead atoms. The van der Waals surface area contributed by atoms with Crippen LogP contribution in [0.25, 0.3) is 0 Å². The number of rotatable bonds is 5. The van der Waals surface area contributed by atoms with Crippen LogP contribution in [0.15, 0.2) is 18.2 Å². The zero-order valence-electron chi connectivity index (χ0n) is 10.2. The summed E-state index contributed by atoms with van der Waals surface area (Å²) in [7, 11) is 0. The Labute approximate surface area is 123 Å². The van der Waals surface area contributed by atoms with Crippen molar-refractivity contribution in [1.82, 2.24) is 5.32 Å². The maximum Gasteiger partial charge on any atom is 0.389 e. The van der Waals surface area contributed by atoms with Crippen LogP contribution in [0.1, 0.15) is 24.5 Å². The second-order valence-electron chi connectivity index (χ2n) is 4.14. The van der Waals surface area contributed by atoms with Crippen LogP contribution in [-0.2, 0) is 4.79 Å². The van der Waals surface area contributed by atoms with Crippen LogP contribution in [-0.4, -0.2) is 23.7 Å². The summed E-state index contributed by atoms with van der Waals surface area (Å²) in [5.74, 6) is -0.783. The summed E-state index contributed by atoms with van der Waals surface area (Å²) in [5, 5.41) is 12.6. The van der Waals surface area contributed by atoms with E-state index in [0.29, 0.717) is 15.6 Å². The number of nitrogens with one attached hydrogen (secondary N) is 1. The minimum Gasteiger partial charge on any atom is -0.387 e. The molecule has 1 rings (SSSR count). The van der Waals surface area contributed by atoms with E-state index in [4.69, 9.17) is 23.2 Å². The molecule has 0 saturated heterocycles. The standard InChI is InChI=1S/C12H12Cl2F3NO2/c13-8-3-7(4-9(14)5-8)10(19)6-18-11(20)1-2-12(15,16)17/h3-5,10,19H,1-2,6H2,(H,18,20). The van der Waals surface area contributed by atoms with E-state index in [1.807, 2.05) is 0 Å². The Morgan fingerprint density at radius 1 is 1.25 bits per heavy atom. The van der Waals surface area contributed by atoms with Gasteiger partial charge in [-0.15, -0.1) is 0 Å². The van der Waals surface area contributed by atoms with Gasteiger partial charge in [0.25, 0.3) is 0 Å². The van der Waals surface area contributed by atoms with Gasteiger partial charge in [-0.05, 0) is 23.8 Å². The zero-order valence-corrected chi connectivity index (χ0v) is 11.7. The Morgan fingerprint density at radius 2 is 1.80 bits per heavy atom. The second kappa shape index (κ2) is 7.15. The number of amides is 1. The lowest BCUT2D eigenvalue weighted by atomic mass is 10.1. The molecule has 2 N–H and O–H groups in total. The summed E-state index contributed by atoms with van der Waals surface area (Å²) < 4.78 is 35.7. The summed E-state index contributed by atoms with van der Waals surface area (Å²) in [6.45, 7) is -0.215. The van der Waals surface area contributed by atoms with Gasteiger partial charge in [0.05, 0.1) is 12.5 Å². The predicted molar refractivity (Wildman–Crippen MR) is 69.7 cm³/mol. The zero-order chi connectivity index (χ0) is 15.3. The molecule has 0 heterocycles. The van der Waals surface area contributed by atoms with Gasteiger partial charge < -0.3 is 10.4 Å². The monoisotopic (exact) mass is 329 g/mol. The summed E-state index contributed by atoms with van der Waals surface area (Å²) in [6.07, 6.45) is -7.35. The summed E-state index contributed by atoms with van der Waals surface area (Å²) in [4.78, 5) is 11.2. The Kier molecular flexibility index (Phi) is 6.10. The van der Waals surface area contributed by atoms with Crippen LogP contribution >= 0.6 is 23.2 Å². The van der Waals surface area contributed by atoms with E-state index in [1.165, 1.54) is 18.2 Å². The first-order chi connectivity index (χ1) is 9.17. The predicted octanol–water partition coefficient (Wildman–Crippen LogP) is 3.49. The number of alkyl halides is 3. The van der Waals surface area contributed by atoms with Crippen molar-refractivity contribution < 1.29 is 23.1 Å².